The molecule has 0 radical (unpaired) electrons. The van der Waals surface area contributed by atoms with Gasteiger partial charge in [-0.1, -0.05) is 36.8 Å². The maximum absolute atomic E-state index is 13.9. The summed E-state index contributed by atoms with van der Waals surface area (Å²) in [4.78, 5) is 22.0. The minimum Gasteiger partial charge on any atom is -0.364 e. The zero-order valence-electron chi connectivity index (χ0n) is 19.2. The van der Waals surface area contributed by atoms with Crippen molar-refractivity contribution in [1.82, 2.24) is 19.5 Å². The number of benzene rings is 1. The minimum atomic E-state index is -0.291. The topological polar surface area (TPSA) is 65.8 Å². The summed E-state index contributed by atoms with van der Waals surface area (Å²) in [6.07, 6.45) is 2.61. The molecule has 3 heterocycles. The molecule has 4 rings (SSSR count). The predicted octanol–water partition coefficient (Wildman–Crippen LogP) is 4.65. The van der Waals surface area contributed by atoms with Crippen LogP contribution in [0.5, 0.6) is 0 Å². The SMILES string of the molecule is CCCCC(=O)N1CCN(c2nn3c(NC(C)(C)C)c(-c4cccc(F)c4)nc3s2)CC1. The Hall–Kier alpha value is -2.68. The molecule has 2 aromatic heterocycles. The van der Waals surface area contributed by atoms with Crippen molar-refractivity contribution in [1.29, 1.82) is 0 Å². The van der Waals surface area contributed by atoms with Gasteiger partial charge < -0.3 is 15.1 Å². The fraction of sp³-hybridized carbons (Fsp3) is 0.522. The Morgan fingerprint density at radius 2 is 1.97 bits per heavy atom. The van der Waals surface area contributed by atoms with Gasteiger partial charge in [-0.2, -0.15) is 4.52 Å². The van der Waals surface area contributed by atoms with E-state index in [9.17, 15) is 9.18 Å². The second-order valence-electron chi connectivity index (χ2n) is 9.24. The second-order valence-corrected chi connectivity index (χ2v) is 10.2. The maximum atomic E-state index is 13.9. The summed E-state index contributed by atoms with van der Waals surface area (Å²) in [6, 6.07) is 6.48. The number of anilines is 2. The molecule has 1 aromatic carbocycles. The normalized spacial score (nSPS) is 14.9. The number of halogens is 1. The lowest BCUT2D eigenvalue weighted by Crippen LogP contribution is -2.48. The van der Waals surface area contributed by atoms with Crippen molar-refractivity contribution < 1.29 is 9.18 Å². The third-order valence-electron chi connectivity index (χ3n) is 5.43. The molecule has 1 amide bonds. The fourth-order valence-electron chi connectivity index (χ4n) is 3.80. The second kappa shape index (κ2) is 9.05. The van der Waals surface area contributed by atoms with Crippen LogP contribution in [0.25, 0.3) is 16.2 Å². The van der Waals surface area contributed by atoms with E-state index >= 15 is 0 Å². The maximum Gasteiger partial charge on any atom is 0.222 e. The van der Waals surface area contributed by atoms with Crippen LogP contribution in [0.1, 0.15) is 47.0 Å². The number of fused-ring (bicyclic) bond motifs is 1. The van der Waals surface area contributed by atoms with Gasteiger partial charge >= 0.3 is 0 Å². The van der Waals surface area contributed by atoms with Crippen LogP contribution >= 0.6 is 11.3 Å². The Morgan fingerprint density at radius 1 is 1.22 bits per heavy atom. The zero-order valence-corrected chi connectivity index (χ0v) is 20.0. The van der Waals surface area contributed by atoms with E-state index < -0.39 is 0 Å². The number of hydrogen-bond donors (Lipinski definition) is 1. The Balaban J connectivity index is 1.59. The zero-order chi connectivity index (χ0) is 22.9. The Labute approximate surface area is 192 Å². The molecular formula is C23H31FN6OS. The van der Waals surface area contributed by atoms with E-state index in [4.69, 9.17) is 10.1 Å². The van der Waals surface area contributed by atoms with E-state index in [1.807, 2.05) is 15.5 Å². The molecule has 3 aromatic rings. The van der Waals surface area contributed by atoms with Crippen LogP contribution in [0.15, 0.2) is 24.3 Å². The van der Waals surface area contributed by atoms with Gasteiger partial charge in [0.1, 0.15) is 11.5 Å². The molecular weight excluding hydrogens is 427 g/mol. The summed E-state index contributed by atoms with van der Waals surface area (Å²) in [5.74, 6) is 0.714. The lowest BCUT2D eigenvalue weighted by atomic mass is 10.1. The monoisotopic (exact) mass is 458 g/mol. The average molecular weight is 459 g/mol. The molecule has 0 bridgehead atoms. The van der Waals surface area contributed by atoms with Gasteiger partial charge in [-0.05, 0) is 39.3 Å². The number of aromatic nitrogens is 3. The molecule has 1 aliphatic heterocycles. The highest BCUT2D eigenvalue weighted by Gasteiger charge is 2.26. The first kappa shape index (κ1) is 22.5. The summed E-state index contributed by atoms with van der Waals surface area (Å²) < 4.78 is 15.7. The van der Waals surface area contributed by atoms with Crippen molar-refractivity contribution in [2.24, 2.45) is 0 Å². The molecule has 1 aliphatic rings. The predicted molar refractivity (Wildman–Crippen MR) is 128 cm³/mol. The molecule has 1 N–H and O–H groups in total. The van der Waals surface area contributed by atoms with Crippen molar-refractivity contribution in [2.45, 2.75) is 52.5 Å². The molecule has 172 valence electrons. The molecule has 1 saturated heterocycles. The average Bonchev–Trinajstić information content (AvgIpc) is 3.30. The lowest BCUT2D eigenvalue weighted by molar-refractivity contribution is -0.131. The Bertz CT molecular complexity index is 1090. The van der Waals surface area contributed by atoms with Gasteiger partial charge in [0.05, 0.1) is 0 Å². The van der Waals surface area contributed by atoms with E-state index in [1.54, 1.807) is 6.07 Å². The molecule has 1 fully saturated rings. The first-order valence-electron chi connectivity index (χ1n) is 11.2. The molecule has 9 heteroatoms. The van der Waals surface area contributed by atoms with Crippen LogP contribution in [0.3, 0.4) is 0 Å². The number of carbonyl (C=O) groups excluding carboxylic acids is 1. The number of piperazine rings is 1. The number of amides is 1. The third-order valence-corrected chi connectivity index (χ3v) is 6.40. The smallest absolute Gasteiger partial charge is 0.222 e. The van der Waals surface area contributed by atoms with E-state index in [2.05, 4.69) is 37.9 Å². The number of nitrogens with zero attached hydrogens (tertiary/aromatic N) is 5. The number of carbonyl (C=O) groups is 1. The fourth-order valence-corrected chi connectivity index (χ4v) is 4.76. The molecule has 0 aliphatic carbocycles. The highest BCUT2D eigenvalue weighted by atomic mass is 32.1. The lowest BCUT2D eigenvalue weighted by Gasteiger charge is -2.34. The van der Waals surface area contributed by atoms with Crippen LogP contribution < -0.4 is 10.2 Å². The van der Waals surface area contributed by atoms with Gasteiger partial charge in [-0.3, -0.25) is 4.79 Å². The third kappa shape index (κ3) is 4.87. The van der Waals surface area contributed by atoms with Crippen molar-refractivity contribution in [3.63, 3.8) is 0 Å². The number of hydrogen-bond acceptors (Lipinski definition) is 6. The molecule has 0 saturated carbocycles. The van der Waals surface area contributed by atoms with E-state index in [0.29, 0.717) is 25.2 Å². The largest absolute Gasteiger partial charge is 0.364 e. The van der Waals surface area contributed by atoms with E-state index in [-0.39, 0.29) is 17.3 Å². The molecule has 32 heavy (non-hydrogen) atoms. The van der Waals surface area contributed by atoms with Crippen LogP contribution in [-0.2, 0) is 4.79 Å². The van der Waals surface area contributed by atoms with Crippen LogP contribution in [-0.4, -0.2) is 57.1 Å². The number of nitrogens with one attached hydrogen (secondary N) is 1. The summed E-state index contributed by atoms with van der Waals surface area (Å²) in [7, 11) is 0. The summed E-state index contributed by atoms with van der Waals surface area (Å²) >= 11 is 1.52. The highest BCUT2D eigenvalue weighted by molar-refractivity contribution is 7.20. The van der Waals surface area contributed by atoms with Crippen molar-refractivity contribution in [3.8, 4) is 11.3 Å². The van der Waals surface area contributed by atoms with Crippen LogP contribution in [0.4, 0.5) is 15.3 Å². The van der Waals surface area contributed by atoms with Crippen molar-refractivity contribution >= 4 is 33.2 Å². The van der Waals surface area contributed by atoms with Gasteiger partial charge in [-0.25, -0.2) is 9.37 Å². The van der Waals surface area contributed by atoms with Crippen LogP contribution in [0, 0.1) is 5.82 Å². The first-order valence-corrected chi connectivity index (χ1v) is 12.0. The summed E-state index contributed by atoms with van der Waals surface area (Å²) in [6.45, 7) is 11.3. The van der Waals surface area contributed by atoms with Gasteiger partial charge in [-0.15, -0.1) is 5.10 Å². The number of imidazole rings is 1. The van der Waals surface area contributed by atoms with Crippen LogP contribution in [0.2, 0.25) is 0 Å². The Morgan fingerprint density at radius 3 is 2.62 bits per heavy atom. The quantitative estimate of drug-likeness (QED) is 0.583. The minimum absolute atomic E-state index is 0.216. The van der Waals surface area contributed by atoms with Gasteiger partial charge in [0.2, 0.25) is 16.0 Å². The first-order chi connectivity index (χ1) is 15.2. The molecule has 0 atom stereocenters. The summed E-state index contributed by atoms with van der Waals surface area (Å²) in [5, 5.41) is 9.23. The highest BCUT2D eigenvalue weighted by Crippen LogP contribution is 2.35. The van der Waals surface area contributed by atoms with Gasteiger partial charge in [0, 0.05) is 43.7 Å². The van der Waals surface area contributed by atoms with Crippen molar-refractivity contribution in [2.75, 3.05) is 36.4 Å². The molecule has 0 unspecified atom stereocenters. The van der Waals surface area contributed by atoms with E-state index in [1.165, 1.54) is 23.5 Å². The Kier molecular flexibility index (Phi) is 6.37. The van der Waals surface area contributed by atoms with Gasteiger partial charge in [0.15, 0.2) is 5.82 Å². The summed E-state index contributed by atoms with van der Waals surface area (Å²) in [5.41, 5.74) is 1.19. The van der Waals surface area contributed by atoms with E-state index in [0.717, 1.165) is 47.4 Å². The molecule has 7 nitrogen and oxygen atoms in total. The van der Waals surface area contributed by atoms with Gasteiger partial charge in [0.25, 0.3) is 0 Å². The van der Waals surface area contributed by atoms with Crippen molar-refractivity contribution in [3.05, 3.63) is 30.1 Å². The number of rotatable bonds is 6. The number of unbranched alkanes of at least 4 members (excludes halogenated alkanes) is 1. The molecule has 0 spiro atoms. The standard InChI is InChI=1S/C23H31FN6OS/c1-5-6-10-18(31)28-11-13-29(14-12-28)22-27-30-20(26-23(2,3)4)19(25-21(30)32-22)16-8-7-9-17(24)15-16/h7-9,15,26H,5-6,10-14H2,1-4H3.